The Morgan fingerprint density at radius 1 is 1.14 bits per heavy atom. The van der Waals surface area contributed by atoms with Gasteiger partial charge in [0.05, 0.1) is 6.04 Å². The summed E-state index contributed by atoms with van der Waals surface area (Å²) >= 11 is 1.49. The van der Waals surface area contributed by atoms with Gasteiger partial charge in [0.25, 0.3) is 0 Å². The van der Waals surface area contributed by atoms with E-state index in [1.165, 1.54) is 16.7 Å². The van der Waals surface area contributed by atoms with Crippen LogP contribution in [0.4, 0.5) is 0 Å². The molecular weight excluding hydrogens is 474 g/mol. The van der Waals surface area contributed by atoms with Crippen LogP contribution in [0.2, 0.25) is 0 Å². The Morgan fingerprint density at radius 3 is 2.40 bits per heavy atom. The van der Waals surface area contributed by atoms with E-state index >= 15 is 0 Å². The van der Waals surface area contributed by atoms with Crippen molar-refractivity contribution >= 4 is 41.4 Å². The fraction of sp³-hybridized carbons (Fsp3) is 0.773. The van der Waals surface area contributed by atoms with Crippen molar-refractivity contribution in [2.45, 2.75) is 76.5 Å². The summed E-state index contributed by atoms with van der Waals surface area (Å²) < 4.78 is 0. The summed E-state index contributed by atoms with van der Waals surface area (Å²) in [5.74, 6) is -1.78. The molecule has 1 fully saturated rings. The molecule has 1 aliphatic rings. The van der Waals surface area contributed by atoms with Gasteiger partial charge >= 0.3 is 5.97 Å². The second kappa shape index (κ2) is 15.5. The highest BCUT2D eigenvalue weighted by Gasteiger charge is 2.39. The fourth-order valence-corrected chi connectivity index (χ4v) is 4.36. The average molecular weight is 516 g/mol. The van der Waals surface area contributed by atoms with E-state index in [1.54, 1.807) is 0 Å². The number of nitrogens with zero attached hydrogens (tertiary/aromatic N) is 2. The molecule has 0 bridgehead atoms. The van der Waals surface area contributed by atoms with Crippen LogP contribution in [-0.2, 0) is 19.2 Å². The maximum atomic E-state index is 13.4. The number of likely N-dealkylation sites (tertiary alicyclic amines) is 1. The van der Waals surface area contributed by atoms with Crippen LogP contribution >= 0.6 is 11.8 Å². The van der Waals surface area contributed by atoms with Gasteiger partial charge in [0.15, 0.2) is 5.96 Å². The number of carboxylic acids is 1. The van der Waals surface area contributed by atoms with Gasteiger partial charge in [-0.25, -0.2) is 4.79 Å². The molecule has 3 amide bonds. The molecule has 35 heavy (non-hydrogen) atoms. The molecule has 0 aliphatic carbocycles. The predicted octanol–water partition coefficient (Wildman–Crippen LogP) is -0.788. The molecule has 12 nitrogen and oxygen atoms in total. The first kappa shape index (κ1) is 30.5. The van der Waals surface area contributed by atoms with E-state index in [4.69, 9.17) is 17.2 Å². The molecule has 0 spiro atoms. The Bertz CT molecular complexity index is 760. The van der Waals surface area contributed by atoms with E-state index in [2.05, 4.69) is 15.6 Å². The molecule has 0 aromatic carbocycles. The highest BCUT2D eigenvalue weighted by molar-refractivity contribution is 7.98. The van der Waals surface area contributed by atoms with Gasteiger partial charge in [0.2, 0.25) is 17.7 Å². The average Bonchev–Trinajstić information content (AvgIpc) is 3.27. The molecule has 0 aromatic rings. The topological polar surface area (TPSA) is 206 Å². The zero-order valence-electron chi connectivity index (χ0n) is 20.9. The van der Waals surface area contributed by atoms with E-state index in [9.17, 15) is 24.3 Å². The van der Waals surface area contributed by atoms with Crippen molar-refractivity contribution in [3.05, 3.63) is 0 Å². The van der Waals surface area contributed by atoms with Crippen LogP contribution in [0, 0.1) is 5.92 Å². The number of carboxylic acid groups (broad SMARTS) is 1. The second-order valence-electron chi connectivity index (χ2n) is 9.12. The summed E-state index contributed by atoms with van der Waals surface area (Å²) in [4.78, 5) is 55.8. The number of carbonyl (C=O) groups is 4. The lowest BCUT2D eigenvalue weighted by molar-refractivity contribution is -0.145. The maximum Gasteiger partial charge on any atom is 0.326 e. The van der Waals surface area contributed by atoms with Crippen molar-refractivity contribution in [1.29, 1.82) is 0 Å². The van der Waals surface area contributed by atoms with Crippen molar-refractivity contribution in [3.8, 4) is 0 Å². The van der Waals surface area contributed by atoms with Gasteiger partial charge in [-0.1, -0.05) is 13.8 Å². The molecule has 13 heteroatoms. The minimum atomic E-state index is -1.11. The van der Waals surface area contributed by atoms with Crippen LogP contribution in [0.5, 0.6) is 0 Å². The molecule has 1 aliphatic heterocycles. The van der Waals surface area contributed by atoms with E-state index in [0.29, 0.717) is 50.9 Å². The molecule has 200 valence electrons. The Labute approximate surface area is 211 Å². The number of aliphatic carboxylic acids is 1. The number of rotatable bonds is 15. The van der Waals surface area contributed by atoms with E-state index in [1.807, 2.05) is 20.1 Å². The van der Waals surface area contributed by atoms with Crippen molar-refractivity contribution in [2.24, 2.45) is 28.1 Å². The number of hydrogen-bond acceptors (Lipinski definition) is 7. The molecule has 1 heterocycles. The predicted molar refractivity (Wildman–Crippen MR) is 137 cm³/mol. The highest BCUT2D eigenvalue weighted by Crippen LogP contribution is 2.21. The van der Waals surface area contributed by atoms with Gasteiger partial charge in [0.1, 0.15) is 18.1 Å². The largest absolute Gasteiger partial charge is 0.480 e. The van der Waals surface area contributed by atoms with E-state index in [0.717, 1.165) is 0 Å². The molecule has 1 rings (SSSR count). The van der Waals surface area contributed by atoms with Crippen molar-refractivity contribution in [1.82, 2.24) is 15.5 Å². The number of aliphatic imine (C=N–C) groups is 1. The van der Waals surface area contributed by atoms with Crippen LogP contribution in [-0.4, -0.2) is 88.9 Å². The second-order valence-corrected chi connectivity index (χ2v) is 10.1. The lowest BCUT2D eigenvalue weighted by atomic mass is 10.0. The normalized spacial score (nSPS) is 18.0. The minimum Gasteiger partial charge on any atom is -0.480 e. The smallest absolute Gasteiger partial charge is 0.326 e. The minimum absolute atomic E-state index is 0.0336. The Morgan fingerprint density at radius 2 is 1.83 bits per heavy atom. The van der Waals surface area contributed by atoms with Gasteiger partial charge in [-0.15, -0.1) is 0 Å². The molecule has 1 saturated heterocycles. The van der Waals surface area contributed by atoms with Crippen molar-refractivity contribution in [3.63, 3.8) is 0 Å². The summed E-state index contributed by atoms with van der Waals surface area (Å²) in [6.45, 7) is 4.56. The number of nitrogens with two attached hydrogens (primary N) is 3. The summed E-state index contributed by atoms with van der Waals surface area (Å²) in [7, 11) is 0. The summed E-state index contributed by atoms with van der Waals surface area (Å²) in [6.07, 6.45) is 4.41. The van der Waals surface area contributed by atoms with Crippen molar-refractivity contribution in [2.75, 3.05) is 25.1 Å². The molecule has 4 atom stereocenters. The first-order chi connectivity index (χ1) is 16.5. The number of thioether (sulfide) groups is 1. The maximum absolute atomic E-state index is 13.4. The van der Waals surface area contributed by atoms with Crippen LogP contribution in [0.25, 0.3) is 0 Å². The molecule has 0 radical (unpaired) electrons. The third-order valence-electron chi connectivity index (χ3n) is 5.69. The van der Waals surface area contributed by atoms with Gasteiger partial charge in [-0.3, -0.25) is 19.4 Å². The molecule has 0 saturated carbocycles. The first-order valence-electron chi connectivity index (χ1n) is 11.9. The Hall–Kier alpha value is -2.54. The van der Waals surface area contributed by atoms with Crippen LogP contribution < -0.4 is 27.8 Å². The number of amides is 3. The highest BCUT2D eigenvalue weighted by atomic mass is 32.2. The van der Waals surface area contributed by atoms with Gasteiger partial charge in [-0.05, 0) is 56.5 Å². The third-order valence-corrected chi connectivity index (χ3v) is 6.33. The van der Waals surface area contributed by atoms with Crippen LogP contribution in [0.15, 0.2) is 4.99 Å². The van der Waals surface area contributed by atoms with Gasteiger partial charge in [0, 0.05) is 13.1 Å². The SMILES string of the molecule is CSCCC(NC(=O)C1CCCN1C(=O)C(CC(C)C)NC(=O)C(N)CCCN=C(N)N)C(=O)O. The summed E-state index contributed by atoms with van der Waals surface area (Å²) in [6, 6.07) is -3.47. The lowest BCUT2D eigenvalue weighted by Crippen LogP contribution is -2.57. The molecular formula is C22H41N7O5S. The zero-order valence-corrected chi connectivity index (χ0v) is 21.7. The third kappa shape index (κ3) is 10.7. The fourth-order valence-electron chi connectivity index (χ4n) is 3.89. The first-order valence-corrected chi connectivity index (χ1v) is 13.3. The molecule has 9 N–H and O–H groups in total. The summed E-state index contributed by atoms with van der Waals surface area (Å²) in [5.41, 5.74) is 16.6. The lowest BCUT2D eigenvalue weighted by Gasteiger charge is -2.30. The number of nitrogens with one attached hydrogen (secondary N) is 2. The Balaban J connectivity index is 2.85. The monoisotopic (exact) mass is 515 g/mol. The summed E-state index contributed by atoms with van der Waals surface area (Å²) in [5, 5.41) is 14.8. The van der Waals surface area contributed by atoms with E-state index < -0.39 is 42.0 Å². The molecule has 0 aromatic heterocycles. The van der Waals surface area contributed by atoms with Crippen LogP contribution in [0.1, 0.15) is 52.4 Å². The zero-order chi connectivity index (χ0) is 26.5. The molecule has 4 unspecified atom stereocenters. The quantitative estimate of drug-likeness (QED) is 0.0916. The van der Waals surface area contributed by atoms with Gasteiger partial charge < -0.3 is 37.8 Å². The number of guanidine groups is 1. The Kier molecular flexibility index (Phi) is 13.5. The van der Waals surface area contributed by atoms with Crippen molar-refractivity contribution < 1.29 is 24.3 Å². The van der Waals surface area contributed by atoms with Crippen LogP contribution in [0.3, 0.4) is 0 Å². The number of carbonyl (C=O) groups excluding carboxylic acids is 3. The standard InChI is InChI=1S/C22H41N7O5S/c1-13(2)12-16(28-18(30)14(23)6-4-9-26-22(24)25)20(32)29-10-5-7-17(29)19(31)27-15(21(33)34)8-11-35-3/h13-17H,4-12,23H2,1-3H3,(H,27,31)(H,28,30)(H,33,34)(H4,24,25,26). The van der Waals surface area contributed by atoms with E-state index in [-0.39, 0.29) is 24.2 Å². The number of hydrogen-bond donors (Lipinski definition) is 6. The van der Waals surface area contributed by atoms with Gasteiger partial charge in [-0.2, -0.15) is 11.8 Å².